The molecule has 1 aromatic rings. The third-order valence-corrected chi connectivity index (χ3v) is 1.91. The van der Waals surface area contributed by atoms with Crippen LogP contribution in [0.25, 0.3) is 0 Å². The number of nitrogens with zero attached hydrogens (tertiary/aromatic N) is 1. The Morgan fingerprint density at radius 2 is 2.27 bits per heavy atom. The first-order valence-corrected chi connectivity index (χ1v) is 5.55. The van der Waals surface area contributed by atoms with Gasteiger partial charge in [-0.1, -0.05) is 20.3 Å². The van der Waals surface area contributed by atoms with E-state index in [4.69, 9.17) is 4.74 Å². The second-order valence-corrected chi connectivity index (χ2v) is 3.69. The molecule has 0 radical (unpaired) electrons. The van der Waals surface area contributed by atoms with Gasteiger partial charge >= 0.3 is 0 Å². The van der Waals surface area contributed by atoms with Crippen LogP contribution in [0, 0.1) is 6.92 Å². The van der Waals surface area contributed by atoms with E-state index in [1.807, 2.05) is 13.1 Å². The van der Waals surface area contributed by atoms with Gasteiger partial charge in [-0.05, 0) is 18.6 Å². The van der Waals surface area contributed by atoms with E-state index in [1.165, 1.54) is 12.0 Å². The molecule has 0 fully saturated rings. The highest BCUT2D eigenvalue weighted by Gasteiger charge is 2.07. The van der Waals surface area contributed by atoms with Gasteiger partial charge in [0.2, 0.25) is 0 Å². The molecule has 0 amide bonds. The van der Waals surface area contributed by atoms with E-state index in [9.17, 15) is 0 Å². The number of hydrogen-bond donors (Lipinski definition) is 1. The van der Waals surface area contributed by atoms with Gasteiger partial charge < -0.3 is 10.1 Å². The van der Waals surface area contributed by atoms with Gasteiger partial charge in [0, 0.05) is 14.2 Å². The van der Waals surface area contributed by atoms with Gasteiger partial charge in [0.25, 0.3) is 0 Å². The number of aryl methyl sites for hydroxylation is 1. The number of anilines is 1. The fraction of sp³-hybridized carbons (Fsp3) is 0.583. The first-order chi connectivity index (χ1) is 7.27. The van der Waals surface area contributed by atoms with Gasteiger partial charge in [0.05, 0.1) is 24.6 Å². The number of pyridine rings is 1. The Bertz CT molecular complexity index is 305. The molecule has 1 aromatic heterocycles. The van der Waals surface area contributed by atoms with Crippen molar-refractivity contribution in [3.05, 3.63) is 23.5 Å². The zero-order chi connectivity index (χ0) is 11.1. The summed E-state index contributed by atoms with van der Waals surface area (Å²) < 4.78 is 5.34. The van der Waals surface area contributed by atoms with Gasteiger partial charge in [-0.15, -0.1) is 0 Å². The molecule has 0 saturated carbocycles. The van der Waals surface area contributed by atoms with Gasteiger partial charge in [0.1, 0.15) is 0 Å². The van der Waals surface area contributed by atoms with Gasteiger partial charge in [-0.25, -0.2) is 0 Å². The van der Waals surface area contributed by atoms with Crippen molar-refractivity contribution in [2.24, 2.45) is 0 Å². The number of aromatic nitrogens is 1. The zero-order valence-electron chi connectivity index (χ0n) is 9.84. The summed E-state index contributed by atoms with van der Waals surface area (Å²) in [5, 5.41) is 3.28. The molecule has 0 atom stereocenters. The van der Waals surface area contributed by atoms with E-state index in [-0.39, 0.29) is 1.43 Å². The Balaban J connectivity index is 0.000000511. The molecule has 3 nitrogen and oxygen atoms in total. The van der Waals surface area contributed by atoms with Crippen LogP contribution in [0.2, 0.25) is 0 Å². The third-order valence-electron chi connectivity index (χ3n) is 1.91. The lowest BCUT2D eigenvalue weighted by Gasteiger charge is -2.05. The fourth-order valence-corrected chi connectivity index (χ4v) is 1.29. The van der Waals surface area contributed by atoms with Crippen LogP contribution in [-0.4, -0.2) is 18.1 Å². The Hall–Kier alpha value is -1.09. The summed E-state index contributed by atoms with van der Waals surface area (Å²) in [6.07, 6.45) is 3.12. The van der Waals surface area contributed by atoms with E-state index >= 15 is 0 Å². The van der Waals surface area contributed by atoms with Crippen LogP contribution in [0.1, 0.15) is 33.0 Å². The summed E-state index contributed by atoms with van der Waals surface area (Å²) in [6, 6.07) is 2.11. The van der Waals surface area contributed by atoms with Crippen molar-refractivity contribution in [2.45, 2.75) is 33.8 Å². The molecule has 2 heterocycles. The average molecular weight is 210 g/mol. The average Bonchev–Trinajstić information content (AvgIpc) is 2.43. The van der Waals surface area contributed by atoms with Crippen molar-refractivity contribution >= 4 is 5.69 Å². The molecule has 1 aliphatic rings. The molecule has 1 N–H and O–H groups in total. The largest absolute Gasteiger partial charge is 0.381 e. The Kier molecular flexibility index (Phi) is 5.12. The molecule has 1 aliphatic heterocycles. The molecule has 0 spiro atoms. The fourth-order valence-electron chi connectivity index (χ4n) is 1.29. The predicted octanol–water partition coefficient (Wildman–Crippen LogP) is 2.99. The lowest BCUT2D eigenvalue weighted by molar-refractivity contribution is 0.132. The first kappa shape index (κ1) is 12.0. The number of rotatable bonds is 0. The summed E-state index contributed by atoms with van der Waals surface area (Å²) in [7, 11) is 0. The van der Waals surface area contributed by atoms with E-state index in [2.05, 4.69) is 30.2 Å². The summed E-state index contributed by atoms with van der Waals surface area (Å²) in [5.41, 5.74) is 3.31. The zero-order valence-corrected chi connectivity index (χ0v) is 9.84. The smallest absolute Gasteiger partial charge is 0.0909 e. The molecule has 3 heteroatoms. The number of ether oxygens (including phenoxy) is 1. The van der Waals surface area contributed by atoms with Gasteiger partial charge in [-0.3, -0.25) is 4.98 Å². The van der Waals surface area contributed by atoms with Crippen molar-refractivity contribution in [3.63, 3.8) is 0 Å². The molecule has 0 unspecified atom stereocenters. The van der Waals surface area contributed by atoms with Crippen LogP contribution in [-0.2, 0) is 11.3 Å². The minimum Gasteiger partial charge on any atom is -0.381 e. The standard InChI is InChI=1S/C9H12N2O.C3H8.H2/c1-7-4-8-9(11-5-7)6-12-3-2-10-8;1-3-2;/h4-5,10H,2-3,6H2,1H3;3H2,1-2H3;1H. The highest BCUT2D eigenvalue weighted by molar-refractivity contribution is 5.49. The number of hydrogen-bond acceptors (Lipinski definition) is 3. The molecular formula is C12H22N2O. The van der Waals surface area contributed by atoms with Crippen molar-refractivity contribution in [3.8, 4) is 0 Å². The molecule has 0 saturated heterocycles. The molecule has 86 valence electrons. The Labute approximate surface area is 93.4 Å². The topological polar surface area (TPSA) is 34.2 Å². The maximum atomic E-state index is 5.34. The lowest BCUT2D eigenvalue weighted by Crippen LogP contribution is -2.04. The highest BCUT2D eigenvalue weighted by Crippen LogP contribution is 2.17. The monoisotopic (exact) mass is 210 g/mol. The molecular weight excluding hydrogens is 188 g/mol. The molecule has 0 aliphatic carbocycles. The maximum absolute atomic E-state index is 5.34. The summed E-state index contributed by atoms with van der Waals surface area (Å²) >= 11 is 0. The maximum Gasteiger partial charge on any atom is 0.0909 e. The molecule has 0 aromatic carbocycles. The highest BCUT2D eigenvalue weighted by atomic mass is 16.5. The second kappa shape index (κ2) is 6.40. The van der Waals surface area contributed by atoms with Crippen molar-refractivity contribution < 1.29 is 6.16 Å². The minimum atomic E-state index is 0. The number of fused-ring (bicyclic) bond motifs is 1. The van der Waals surface area contributed by atoms with E-state index in [1.54, 1.807) is 0 Å². The normalized spacial score (nSPS) is 14.1. The number of nitrogens with one attached hydrogen (secondary N) is 1. The third kappa shape index (κ3) is 3.88. The van der Waals surface area contributed by atoms with Gasteiger partial charge in [-0.2, -0.15) is 0 Å². The van der Waals surface area contributed by atoms with Crippen LogP contribution in [0.4, 0.5) is 5.69 Å². The van der Waals surface area contributed by atoms with Crippen LogP contribution in [0.3, 0.4) is 0 Å². The minimum absolute atomic E-state index is 0. The van der Waals surface area contributed by atoms with Crippen LogP contribution in [0.15, 0.2) is 12.3 Å². The first-order valence-electron chi connectivity index (χ1n) is 5.55. The van der Waals surface area contributed by atoms with E-state index in [0.717, 1.165) is 24.5 Å². The van der Waals surface area contributed by atoms with E-state index in [0.29, 0.717) is 6.61 Å². The SMILES string of the molecule is CCC.Cc1cnc2c(c1)NCCOC2.[HH]. The van der Waals surface area contributed by atoms with Crippen LogP contribution in [0.5, 0.6) is 0 Å². The summed E-state index contributed by atoms with van der Waals surface area (Å²) in [5.74, 6) is 0. The second-order valence-electron chi connectivity index (χ2n) is 3.69. The van der Waals surface area contributed by atoms with Gasteiger partial charge in [0.15, 0.2) is 0 Å². The van der Waals surface area contributed by atoms with Crippen LogP contribution < -0.4 is 5.32 Å². The molecule has 2 rings (SSSR count). The Morgan fingerprint density at radius 1 is 1.53 bits per heavy atom. The quantitative estimate of drug-likeness (QED) is 0.714. The van der Waals surface area contributed by atoms with E-state index < -0.39 is 0 Å². The van der Waals surface area contributed by atoms with Crippen molar-refractivity contribution in [2.75, 3.05) is 18.5 Å². The summed E-state index contributed by atoms with van der Waals surface area (Å²) in [4.78, 5) is 4.29. The summed E-state index contributed by atoms with van der Waals surface area (Å²) in [6.45, 7) is 8.55. The lowest BCUT2D eigenvalue weighted by atomic mass is 10.2. The van der Waals surface area contributed by atoms with Crippen molar-refractivity contribution in [1.82, 2.24) is 4.98 Å². The molecule has 0 bridgehead atoms. The van der Waals surface area contributed by atoms with Crippen molar-refractivity contribution in [1.29, 1.82) is 0 Å². The molecule has 15 heavy (non-hydrogen) atoms. The Morgan fingerprint density at radius 3 is 3.00 bits per heavy atom. The predicted molar refractivity (Wildman–Crippen MR) is 65.2 cm³/mol. The van der Waals surface area contributed by atoms with Crippen LogP contribution >= 0.6 is 0 Å².